The molecule has 252 valence electrons. The monoisotopic (exact) mass is 655 g/mol. The number of methoxy groups -OCH3 is 1. The molecule has 2 bridgehead atoms. The van der Waals surface area contributed by atoms with Crippen LogP contribution in [0, 0.1) is 5.92 Å². The summed E-state index contributed by atoms with van der Waals surface area (Å²) in [4.78, 5) is 46.4. The fraction of sp³-hybridized carbons (Fsp3) is 0.405. The molecule has 3 fully saturated rings. The highest BCUT2D eigenvalue weighted by atomic mass is 16.7. The van der Waals surface area contributed by atoms with Gasteiger partial charge in [-0.1, -0.05) is 91.0 Å². The summed E-state index contributed by atoms with van der Waals surface area (Å²) >= 11 is 0. The van der Waals surface area contributed by atoms with Gasteiger partial charge in [0.1, 0.15) is 17.2 Å². The quantitative estimate of drug-likeness (QED) is 0.195. The summed E-state index contributed by atoms with van der Waals surface area (Å²) in [5.74, 6) is -1.81. The summed E-state index contributed by atoms with van der Waals surface area (Å²) in [5, 5.41) is 3.59. The molecule has 11 nitrogen and oxygen atoms in total. The molecule has 3 aromatic carbocycles. The van der Waals surface area contributed by atoms with E-state index in [9.17, 15) is 14.4 Å². The normalized spacial score (nSPS) is 29.1. The van der Waals surface area contributed by atoms with E-state index in [1.165, 1.54) is 21.0 Å². The van der Waals surface area contributed by atoms with Crippen molar-refractivity contribution >= 4 is 23.8 Å². The van der Waals surface area contributed by atoms with Crippen LogP contribution in [0.1, 0.15) is 43.9 Å². The summed E-state index contributed by atoms with van der Waals surface area (Å²) in [5.41, 5.74) is 0.0860. The number of hydrogen-bond acceptors (Lipinski definition) is 9. The molecule has 1 amide bonds. The second-order valence-corrected chi connectivity index (χ2v) is 12.7. The average molecular weight is 656 g/mol. The maximum Gasteiger partial charge on any atom is 0.338 e. The minimum atomic E-state index is -1.34. The van der Waals surface area contributed by atoms with Gasteiger partial charge >= 0.3 is 11.9 Å². The van der Waals surface area contributed by atoms with Gasteiger partial charge < -0.3 is 29.0 Å². The third-order valence-electron chi connectivity index (χ3n) is 9.36. The number of nitrogens with one attached hydrogen (secondary N) is 1. The molecule has 6 rings (SSSR count). The molecule has 2 aliphatic heterocycles. The van der Waals surface area contributed by atoms with Gasteiger partial charge in [-0.15, -0.1) is 0 Å². The Bertz CT molecular complexity index is 1640. The topological polar surface area (TPSA) is 125 Å². The zero-order chi connectivity index (χ0) is 33.9. The zero-order valence-corrected chi connectivity index (χ0v) is 27.5. The number of amides is 1. The molecule has 1 N–H and O–H groups in total. The molecule has 3 aliphatic rings. The van der Waals surface area contributed by atoms with E-state index >= 15 is 0 Å². The van der Waals surface area contributed by atoms with Gasteiger partial charge in [-0.2, -0.15) is 0 Å². The number of fused-ring (bicyclic) bond motifs is 1. The zero-order valence-electron chi connectivity index (χ0n) is 27.5. The number of carbonyl (C=O) groups excluding carboxylic acids is 3. The minimum absolute atomic E-state index is 0.160. The Morgan fingerprint density at radius 2 is 1.54 bits per heavy atom. The van der Waals surface area contributed by atoms with Crippen molar-refractivity contribution in [3.8, 4) is 0 Å². The predicted molar refractivity (Wildman–Crippen MR) is 175 cm³/mol. The third-order valence-corrected chi connectivity index (χ3v) is 9.36. The van der Waals surface area contributed by atoms with Crippen molar-refractivity contribution in [1.29, 1.82) is 0 Å². The Kier molecular flexibility index (Phi) is 9.63. The summed E-state index contributed by atoms with van der Waals surface area (Å²) < 4.78 is 30.9. The molecule has 1 aliphatic carbocycles. The van der Waals surface area contributed by atoms with Crippen LogP contribution in [0.5, 0.6) is 0 Å². The number of esters is 2. The highest BCUT2D eigenvalue weighted by Gasteiger charge is 2.76. The molecule has 48 heavy (non-hydrogen) atoms. The van der Waals surface area contributed by atoms with Crippen LogP contribution in [0.4, 0.5) is 0 Å². The molecule has 2 saturated heterocycles. The smallest absolute Gasteiger partial charge is 0.338 e. The first-order valence-electron chi connectivity index (χ1n) is 16.1. The molecule has 0 radical (unpaired) electrons. The maximum atomic E-state index is 13.9. The lowest BCUT2D eigenvalue weighted by molar-refractivity contribution is -0.257. The van der Waals surface area contributed by atoms with E-state index in [0.717, 1.165) is 16.7 Å². The lowest BCUT2D eigenvalue weighted by Crippen LogP contribution is -2.81. The van der Waals surface area contributed by atoms with Crippen LogP contribution in [0.25, 0.3) is 0 Å². The van der Waals surface area contributed by atoms with Crippen molar-refractivity contribution in [1.82, 2.24) is 10.2 Å². The van der Waals surface area contributed by atoms with Crippen LogP contribution in [0.2, 0.25) is 0 Å². The first-order chi connectivity index (χ1) is 23.1. The number of aliphatic imine (C=N–C) groups is 1. The van der Waals surface area contributed by atoms with Gasteiger partial charge in [0.05, 0.1) is 19.7 Å². The van der Waals surface area contributed by atoms with E-state index in [2.05, 4.69) is 5.32 Å². The average Bonchev–Trinajstić information content (AvgIpc) is 3.41. The van der Waals surface area contributed by atoms with E-state index in [1.54, 1.807) is 11.8 Å². The van der Waals surface area contributed by atoms with Gasteiger partial charge in [-0.25, -0.2) is 9.79 Å². The van der Waals surface area contributed by atoms with Gasteiger partial charge in [-0.3, -0.25) is 14.5 Å². The highest BCUT2D eigenvalue weighted by Crippen LogP contribution is 2.55. The fourth-order valence-corrected chi connectivity index (χ4v) is 7.23. The van der Waals surface area contributed by atoms with Crippen molar-refractivity contribution < 1.29 is 38.1 Å². The number of benzene rings is 3. The number of carbonyl (C=O) groups is 3. The Labute approximate surface area is 280 Å². The minimum Gasteiger partial charge on any atom is -0.455 e. The third kappa shape index (κ3) is 6.45. The Morgan fingerprint density at radius 1 is 0.938 bits per heavy atom. The number of hydrogen-bond donors (Lipinski definition) is 1. The van der Waals surface area contributed by atoms with Gasteiger partial charge in [-0.05, 0) is 23.6 Å². The first kappa shape index (κ1) is 33.3. The van der Waals surface area contributed by atoms with Crippen LogP contribution in [-0.4, -0.2) is 71.6 Å². The second-order valence-electron chi connectivity index (χ2n) is 12.7. The number of guanidine groups is 1. The van der Waals surface area contributed by atoms with Crippen LogP contribution < -0.4 is 5.32 Å². The first-order valence-corrected chi connectivity index (χ1v) is 16.1. The van der Waals surface area contributed by atoms with Crippen LogP contribution in [0.3, 0.4) is 0 Å². The maximum absolute atomic E-state index is 13.9. The molecular weight excluding hydrogens is 614 g/mol. The number of ether oxygens (including phenoxy) is 5. The molecule has 11 heteroatoms. The van der Waals surface area contributed by atoms with E-state index in [1.807, 2.05) is 91.0 Å². The van der Waals surface area contributed by atoms with Gasteiger partial charge in [0, 0.05) is 33.3 Å². The summed E-state index contributed by atoms with van der Waals surface area (Å²) in [6.07, 6.45) is -3.83. The van der Waals surface area contributed by atoms with Gasteiger partial charge in [0.2, 0.25) is 11.9 Å². The fourth-order valence-electron chi connectivity index (χ4n) is 7.23. The van der Waals surface area contributed by atoms with E-state index in [4.69, 9.17) is 28.7 Å². The Morgan fingerprint density at radius 3 is 2.12 bits per heavy atom. The standard InChI is InChI=1S/C37H41N3O8/c1-24(41)40(22-27-16-10-6-11-17-27)35(38-21-26-14-8-5-9-15-26)39-37-29-20-36(3,48-25(2)42)30(46-33(43)32(37)47-34(29)44-4)31(37)45-23-28-18-12-7-13-19-28/h5-19,29-32,34H,20-23H2,1-4H3,(H,38,39)/t29?,30?,31?,32?,34?,36-,37+/m0/s1. The van der Waals surface area contributed by atoms with Crippen molar-refractivity contribution in [3.05, 3.63) is 108 Å². The Balaban J connectivity index is 1.49. The number of nitrogens with zero attached hydrogens (tertiary/aromatic N) is 2. The molecule has 1 saturated carbocycles. The second kappa shape index (κ2) is 13.9. The highest BCUT2D eigenvalue weighted by molar-refractivity contribution is 5.97. The molecule has 0 spiro atoms. The molecular formula is C37H41N3O8. The van der Waals surface area contributed by atoms with Crippen LogP contribution in [-0.2, 0) is 57.8 Å². The van der Waals surface area contributed by atoms with E-state index in [-0.39, 0.29) is 38.0 Å². The molecule has 0 aromatic heterocycles. The van der Waals surface area contributed by atoms with E-state index < -0.39 is 53.6 Å². The molecule has 2 heterocycles. The SMILES string of the molecule is COC1OC2C(=O)OC3C(OCc4ccccc4)[C@]2(NC(=NCc2ccccc2)N(Cc2ccccc2)C(C)=O)C1C[C@]3(C)OC(C)=O. The Hall–Kier alpha value is -4.58. The molecule has 3 aromatic rings. The number of rotatable bonds is 10. The van der Waals surface area contributed by atoms with Crippen molar-refractivity contribution in [2.45, 2.75) is 82.6 Å². The summed E-state index contributed by atoms with van der Waals surface area (Å²) in [6.45, 7) is 5.15. The van der Waals surface area contributed by atoms with Crippen molar-refractivity contribution in [2.75, 3.05) is 7.11 Å². The van der Waals surface area contributed by atoms with Crippen molar-refractivity contribution in [3.63, 3.8) is 0 Å². The van der Waals surface area contributed by atoms with E-state index in [0.29, 0.717) is 0 Å². The van der Waals surface area contributed by atoms with Crippen LogP contribution in [0.15, 0.2) is 96.0 Å². The van der Waals surface area contributed by atoms with Gasteiger partial charge in [0.25, 0.3) is 0 Å². The predicted octanol–water partition coefficient (Wildman–Crippen LogP) is 4.14. The van der Waals surface area contributed by atoms with Gasteiger partial charge in [0.15, 0.2) is 18.5 Å². The summed E-state index contributed by atoms with van der Waals surface area (Å²) in [6, 6.07) is 28.9. The van der Waals surface area contributed by atoms with Crippen molar-refractivity contribution in [2.24, 2.45) is 10.9 Å². The largest absolute Gasteiger partial charge is 0.455 e. The molecule has 5 unspecified atom stereocenters. The lowest BCUT2D eigenvalue weighted by Gasteiger charge is -2.58. The summed E-state index contributed by atoms with van der Waals surface area (Å²) in [7, 11) is 1.50. The molecule has 7 atom stereocenters. The lowest BCUT2D eigenvalue weighted by atomic mass is 9.61. The van der Waals surface area contributed by atoms with Crippen LogP contribution >= 0.6 is 0 Å².